The van der Waals surface area contributed by atoms with Gasteiger partial charge >= 0.3 is 0 Å². The van der Waals surface area contributed by atoms with Crippen molar-refractivity contribution in [2.24, 2.45) is 12.5 Å². The van der Waals surface area contributed by atoms with E-state index in [-0.39, 0.29) is 5.02 Å². The van der Waals surface area contributed by atoms with Crippen LogP contribution < -0.4 is 5.32 Å². The smallest absolute Gasteiger partial charge is 0.143 e. The summed E-state index contributed by atoms with van der Waals surface area (Å²) in [6.45, 7) is 3.55. The number of nitrogens with zero attached hydrogens (tertiary/aromatic N) is 3. The Morgan fingerprint density at radius 2 is 2.04 bits per heavy atom. The fraction of sp³-hybridized carbons (Fsp3) is 0.526. The highest BCUT2D eigenvalue weighted by atomic mass is 35.5. The summed E-state index contributed by atoms with van der Waals surface area (Å²) >= 11 is 12.4. The van der Waals surface area contributed by atoms with Gasteiger partial charge in [-0.2, -0.15) is 0 Å². The molecule has 1 unspecified atom stereocenters. The zero-order valence-corrected chi connectivity index (χ0v) is 16.3. The molecule has 1 N–H and O–H groups in total. The molecule has 4 nitrogen and oxygen atoms in total. The minimum absolute atomic E-state index is 0.00786. The van der Waals surface area contributed by atoms with Crippen molar-refractivity contribution in [3.05, 3.63) is 51.8 Å². The van der Waals surface area contributed by atoms with Crippen LogP contribution >= 0.6 is 23.2 Å². The van der Waals surface area contributed by atoms with E-state index >= 15 is 0 Å². The van der Waals surface area contributed by atoms with E-state index < -0.39 is 5.82 Å². The maximum absolute atomic E-state index is 13.7. The Labute approximate surface area is 163 Å². The molecule has 7 heteroatoms. The zero-order chi connectivity index (χ0) is 18.3. The van der Waals surface area contributed by atoms with Crippen molar-refractivity contribution in [2.45, 2.75) is 38.4 Å². The van der Waals surface area contributed by atoms with Gasteiger partial charge in [-0.15, -0.1) is 0 Å². The van der Waals surface area contributed by atoms with Crippen LogP contribution in [0.25, 0.3) is 0 Å². The highest BCUT2D eigenvalue weighted by Crippen LogP contribution is 2.56. The van der Waals surface area contributed by atoms with E-state index in [1.165, 1.54) is 25.3 Å². The monoisotopic (exact) mass is 396 g/mol. The van der Waals surface area contributed by atoms with Gasteiger partial charge in [0, 0.05) is 32.0 Å². The third-order valence-corrected chi connectivity index (χ3v) is 6.84. The van der Waals surface area contributed by atoms with Crippen LogP contribution in [0.15, 0.2) is 24.5 Å². The first-order valence-corrected chi connectivity index (χ1v) is 9.79. The van der Waals surface area contributed by atoms with Gasteiger partial charge in [0.05, 0.1) is 16.6 Å². The van der Waals surface area contributed by atoms with Crippen LogP contribution in [0.4, 0.5) is 4.39 Å². The number of nitrogens with one attached hydrogen (secondary N) is 1. The van der Waals surface area contributed by atoms with Crippen LogP contribution in [0.1, 0.15) is 30.7 Å². The lowest BCUT2D eigenvalue weighted by atomic mass is 9.93. The predicted octanol–water partition coefficient (Wildman–Crippen LogP) is 4.01. The topological polar surface area (TPSA) is 33.1 Å². The zero-order valence-electron chi connectivity index (χ0n) is 14.8. The second-order valence-electron chi connectivity index (χ2n) is 7.53. The van der Waals surface area contributed by atoms with Gasteiger partial charge < -0.3 is 9.88 Å². The van der Waals surface area contributed by atoms with E-state index in [4.69, 9.17) is 23.2 Å². The normalized spacial score (nSPS) is 21.5. The van der Waals surface area contributed by atoms with Crippen molar-refractivity contribution in [2.75, 3.05) is 13.1 Å². The first-order valence-electron chi connectivity index (χ1n) is 9.03. The van der Waals surface area contributed by atoms with Crippen molar-refractivity contribution in [1.29, 1.82) is 0 Å². The van der Waals surface area contributed by atoms with Gasteiger partial charge in [0.1, 0.15) is 11.6 Å². The third-order valence-electron chi connectivity index (χ3n) is 5.94. The Kier molecular flexibility index (Phi) is 4.99. The summed E-state index contributed by atoms with van der Waals surface area (Å²) in [5, 5.41) is 3.78. The van der Waals surface area contributed by atoms with Gasteiger partial charge in [0.15, 0.2) is 0 Å². The van der Waals surface area contributed by atoms with Crippen LogP contribution in [-0.2, 0) is 20.1 Å². The maximum atomic E-state index is 13.7. The molecule has 1 atom stereocenters. The Morgan fingerprint density at radius 3 is 2.73 bits per heavy atom. The number of aryl methyl sites for hydroxylation is 1. The molecule has 26 heavy (non-hydrogen) atoms. The average molecular weight is 397 g/mol. The molecule has 2 heterocycles. The Morgan fingerprint density at radius 1 is 1.27 bits per heavy atom. The molecule has 0 bridgehead atoms. The van der Waals surface area contributed by atoms with Crippen LogP contribution in [0.3, 0.4) is 0 Å². The third kappa shape index (κ3) is 3.38. The largest absolute Gasteiger partial charge is 0.337 e. The minimum atomic E-state index is -0.475. The molecule has 1 aliphatic heterocycles. The number of imidazole rings is 1. The fourth-order valence-corrected chi connectivity index (χ4v) is 4.62. The van der Waals surface area contributed by atoms with Crippen LogP contribution in [0.2, 0.25) is 10.0 Å². The number of rotatable bonds is 5. The van der Waals surface area contributed by atoms with Gasteiger partial charge in [-0.3, -0.25) is 4.90 Å². The molecular weight excluding hydrogens is 374 g/mol. The molecule has 1 aromatic heterocycles. The molecule has 140 valence electrons. The van der Waals surface area contributed by atoms with E-state index in [9.17, 15) is 4.39 Å². The predicted molar refractivity (Wildman–Crippen MR) is 102 cm³/mol. The number of benzene rings is 1. The number of hydrogen-bond acceptors (Lipinski definition) is 3. The van der Waals surface area contributed by atoms with Crippen LogP contribution in [-0.4, -0.2) is 33.6 Å². The molecule has 2 aromatic rings. The molecular formula is C19H23Cl2FN4. The average Bonchev–Trinajstić information content (AvgIpc) is 3.16. The molecule has 2 fully saturated rings. The number of aromatic nitrogens is 2. The first kappa shape index (κ1) is 18.2. The van der Waals surface area contributed by atoms with E-state index in [1.807, 2.05) is 24.0 Å². The highest BCUT2D eigenvalue weighted by molar-refractivity contribution is 6.42. The fourth-order valence-electron chi connectivity index (χ4n) is 4.22. The maximum Gasteiger partial charge on any atom is 0.143 e. The second kappa shape index (κ2) is 7.12. The number of halogens is 3. The molecule has 2 aliphatic rings. The summed E-state index contributed by atoms with van der Waals surface area (Å²) in [4.78, 5) is 6.92. The van der Waals surface area contributed by atoms with Crippen molar-refractivity contribution >= 4 is 23.2 Å². The highest BCUT2D eigenvalue weighted by Gasteiger charge is 2.56. The van der Waals surface area contributed by atoms with Crippen molar-refractivity contribution in [1.82, 2.24) is 19.8 Å². The van der Waals surface area contributed by atoms with Crippen molar-refractivity contribution in [3.63, 3.8) is 0 Å². The SMILES string of the molecule is Cn1ccnc1CN(Cc1ccc(F)c(Cl)c1Cl)C1CC12CCNCC2. The molecule has 1 aromatic carbocycles. The lowest BCUT2D eigenvalue weighted by Crippen LogP contribution is -2.36. The van der Waals surface area contributed by atoms with Gasteiger partial charge in [0.25, 0.3) is 0 Å². The van der Waals surface area contributed by atoms with Crippen molar-refractivity contribution in [3.8, 4) is 0 Å². The number of piperidine rings is 1. The van der Waals surface area contributed by atoms with Gasteiger partial charge in [-0.25, -0.2) is 9.37 Å². The van der Waals surface area contributed by atoms with Gasteiger partial charge in [0.2, 0.25) is 0 Å². The minimum Gasteiger partial charge on any atom is -0.337 e. The quantitative estimate of drug-likeness (QED) is 0.774. The molecule has 0 radical (unpaired) electrons. The lowest BCUT2D eigenvalue weighted by Gasteiger charge is -2.29. The standard InChI is InChI=1S/C19H23Cl2FN4/c1-25-9-8-24-16(25)12-26(15-10-19(15)4-6-23-7-5-19)11-13-2-3-14(22)18(21)17(13)20/h2-3,8-9,15,23H,4-7,10-12H2,1H3. The number of hydrogen-bond donors (Lipinski definition) is 1. The summed E-state index contributed by atoms with van der Waals surface area (Å²) in [6, 6.07) is 3.64. The molecule has 4 rings (SSSR count). The molecule has 1 saturated carbocycles. The summed E-state index contributed by atoms with van der Waals surface area (Å²) in [7, 11) is 2.01. The second-order valence-corrected chi connectivity index (χ2v) is 8.28. The van der Waals surface area contributed by atoms with Crippen LogP contribution in [0.5, 0.6) is 0 Å². The Balaban J connectivity index is 1.59. The lowest BCUT2D eigenvalue weighted by molar-refractivity contribution is 0.182. The van der Waals surface area contributed by atoms with Gasteiger partial charge in [-0.05, 0) is 49.4 Å². The molecule has 1 aliphatic carbocycles. The van der Waals surface area contributed by atoms with E-state index in [1.54, 1.807) is 6.07 Å². The van der Waals surface area contributed by atoms with E-state index in [0.717, 1.165) is 31.0 Å². The molecule has 1 spiro atoms. The van der Waals surface area contributed by atoms with E-state index in [2.05, 4.69) is 15.2 Å². The molecule has 0 amide bonds. The molecule has 1 saturated heterocycles. The Hall–Kier alpha value is -1.14. The Bertz CT molecular complexity index is 801. The van der Waals surface area contributed by atoms with E-state index in [0.29, 0.717) is 23.0 Å². The summed E-state index contributed by atoms with van der Waals surface area (Å²) in [5.41, 5.74) is 1.26. The summed E-state index contributed by atoms with van der Waals surface area (Å²) < 4.78 is 15.7. The van der Waals surface area contributed by atoms with Gasteiger partial charge in [-0.1, -0.05) is 29.3 Å². The summed E-state index contributed by atoms with van der Waals surface area (Å²) in [6.07, 6.45) is 7.38. The first-order chi connectivity index (χ1) is 12.5. The van der Waals surface area contributed by atoms with Crippen molar-refractivity contribution < 1.29 is 4.39 Å². The summed E-state index contributed by atoms with van der Waals surface area (Å²) in [5.74, 6) is 0.544. The van der Waals surface area contributed by atoms with Crippen LogP contribution in [0, 0.1) is 11.2 Å².